The van der Waals surface area contributed by atoms with E-state index in [4.69, 9.17) is 28.9 Å². The van der Waals surface area contributed by atoms with E-state index in [9.17, 15) is 14.4 Å². The van der Waals surface area contributed by atoms with Gasteiger partial charge in [-0.25, -0.2) is 4.79 Å². The zero-order chi connectivity index (χ0) is 22.6. The number of rotatable bonds is 8. The van der Waals surface area contributed by atoms with Gasteiger partial charge in [-0.3, -0.25) is 23.4 Å². The van der Waals surface area contributed by atoms with Crippen molar-refractivity contribution in [3.8, 4) is 0 Å². The Balaban J connectivity index is 2.15. The lowest BCUT2D eigenvalue weighted by Crippen LogP contribution is -2.45. The van der Waals surface area contributed by atoms with E-state index in [1.54, 1.807) is 18.2 Å². The van der Waals surface area contributed by atoms with Gasteiger partial charge in [0, 0.05) is 20.1 Å². The Morgan fingerprint density at radius 3 is 2.43 bits per heavy atom. The van der Waals surface area contributed by atoms with Crippen LogP contribution < -0.4 is 32.3 Å². The highest BCUT2D eigenvalue weighted by molar-refractivity contribution is 7.78. The summed E-state index contributed by atoms with van der Waals surface area (Å²) in [6, 6.07) is 4.51. The molecule has 0 aliphatic heterocycles. The van der Waals surface area contributed by atoms with Gasteiger partial charge >= 0.3 is 5.69 Å². The van der Waals surface area contributed by atoms with Crippen molar-refractivity contribution in [1.29, 1.82) is 0 Å². The average Bonchev–Trinajstić information content (AvgIpc) is 2.73. The number of aromatic nitrogens is 2. The average molecular weight is 475 g/mol. The molecule has 0 saturated heterocycles. The zero-order valence-electron chi connectivity index (χ0n) is 16.7. The maximum Gasteiger partial charge on any atom is 0.332 e. The summed E-state index contributed by atoms with van der Waals surface area (Å²) in [6.07, 6.45) is 0.591. The van der Waals surface area contributed by atoms with Gasteiger partial charge in [-0.1, -0.05) is 49.0 Å². The molecule has 0 saturated carbocycles. The van der Waals surface area contributed by atoms with Crippen molar-refractivity contribution in [3.63, 3.8) is 0 Å². The predicted octanol–water partition coefficient (Wildman–Crippen LogP) is 1.46. The topological polar surface area (TPSA) is 123 Å². The summed E-state index contributed by atoms with van der Waals surface area (Å²) in [6.45, 7) is 1.70. The molecule has 1 aromatic carbocycles. The van der Waals surface area contributed by atoms with Crippen molar-refractivity contribution < 1.29 is 4.79 Å². The van der Waals surface area contributed by atoms with Crippen molar-refractivity contribution in [2.45, 2.75) is 25.4 Å². The van der Waals surface area contributed by atoms with E-state index < -0.39 is 11.2 Å². The molecular formula is C18H24Cl2N6O3S. The molecule has 12 heteroatoms. The van der Waals surface area contributed by atoms with Gasteiger partial charge < -0.3 is 16.4 Å². The molecule has 9 nitrogen and oxygen atoms in total. The second-order valence-electron chi connectivity index (χ2n) is 6.68. The number of nitrogens with two attached hydrogens (primary N) is 1. The van der Waals surface area contributed by atoms with Crippen LogP contribution in [0.25, 0.3) is 0 Å². The highest BCUT2D eigenvalue weighted by Crippen LogP contribution is 2.28. The molecule has 30 heavy (non-hydrogen) atoms. The summed E-state index contributed by atoms with van der Waals surface area (Å²) < 4.78 is 4.92. The summed E-state index contributed by atoms with van der Waals surface area (Å²) in [5.74, 6) is -0.417. The maximum atomic E-state index is 12.5. The van der Waals surface area contributed by atoms with Crippen LogP contribution in [0.15, 0.2) is 27.8 Å². The summed E-state index contributed by atoms with van der Waals surface area (Å²) in [5, 5.41) is 6.44. The number of hydrogen-bond acceptors (Lipinski definition) is 7. The lowest BCUT2D eigenvalue weighted by molar-refractivity contribution is -0.120. The molecular weight excluding hydrogens is 451 g/mol. The second kappa shape index (κ2) is 10.3. The number of anilines is 2. The highest BCUT2D eigenvalue weighted by atomic mass is 35.5. The lowest BCUT2D eigenvalue weighted by Gasteiger charge is -2.27. The van der Waals surface area contributed by atoms with Crippen LogP contribution >= 0.6 is 36.0 Å². The molecule has 0 aliphatic rings. The maximum absolute atomic E-state index is 12.5. The fourth-order valence-electron chi connectivity index (χ4n) is 2.98. The van der Waals surface area contributed by atoms with Gasteiger partial charge in [0.05, 0.1) is 22.6 Å². The fraction of sp³-hybridized carbons (Fsp3) is 0.389. The van der Waals surface area contributed by atoms with E-state index in [2.05, 4.69) is 28.2 Å². The van der Waals surface area contributed by atoms with Gasteiger partial charge in [0.15, 0.2) is 0 Å². The van der Waals surface area contributed by atoms with E-state index in [-0.39, 0.29) is 36.0 Å². The Bertz CT molecular complexity index is 1060. The summed E-state index contributed by atoms with van der Waals surface area (Å²) >= 11 is 16.3. The number of halogens is 2. The molecule has 0 radical (unpaired) electrons. The monoisotopic (exact) mass is 474 g/mol. The van der Waals surface area contributed by atoms with E-state index in [0.717, 1.165) is 14.7 Å². The molecule has 1 aromatic heterocycles. The van der Waals surface area contributed by atoms with E-state index >= 15 is 0 Å². The summed E-state index contributed by atoms with van der Waals surface area (Å²) in [5.41, 5.74) is 5.47. The van der Waals surface area contributed by atoms with Gasteiger partial charge in [-0.2, -0.15) is 0 Å². The minimum Gasteiger partial charge on any atom is -0.383 e. The number of nitrogens with one attached hydrogen (secondary N) is 3. The Kier molecular flexibility index (Phi) is 8.25. The SMILES string of the molecule is CCC(NC(=O)CNc1c(N)n(C)c(=O)n(C)c1=O)C(NS)c1ccc(Cl)c(Cl)c1. The Morgan fingerprint density at radius 2 is 1.87 bits per heavy atom. The van der Waals surface area contributed by atoms with Gasteiger partial charge in [0.2, 0.25) is 5.91 Å². The molecule has 0 bridgehead atoms. The molecule has 2 aromatic rings. The molecule has 0 spiro atoms. The fourth-order valence-corrected chi connectivity index (χ4v) is 3.61. The van der Waals surface area contributed by atoms with Crippen molar-refractivity contribution in [3.05, 3.63) is 54.6 Å². The number of carbonyl (C=O) groups is 1. The molecule has 2 rings (SSSR count). The van der Waals surface area contributed by atoms with E-state index in [1.807, 2.05) is 6.92 Å². The highest BCUT2D eigenvalue weighted by Gasteiger charge is 2.23. The molecule has 5 N–H and O–H groups in total. The molecule has 164 valence electrons. The van der Waals surface area contributed by atoms with Gasteiger partial charge in [-0.15, -0.1) is 0 Å². The normalized spacial score (nSPS) is 13.0. The largest absolute Gasteiger partial charge is 0.383 e. The number of benzene rings is 1. The van der Waals surface area contributed by atoms with Crippen molar-refractivity contribution in [1.82, 2.24) is 19.2 Å². The van der Waals surface area contributed by atoms with E-state index in [0.29, 0.717) is 16.5 Å². The number of hydrogen-bond donors (Lipinski definition) is 5. The third kappa shape index (κ3) is 5.12. The van der Waals surface area contributed by atoms with Crippen LogP contribution in [0.5, 0.6) is 0 Å². The first-order chi connectivity index (χ1) is 14.1. The van der Waals surface area contributed by atoms with Crippen LogP contribution in [0.1, 0.15) is 24.9 Å². The molecule has 1 amide bonds. The number of amides is 1. The summed E-state index contributed by atoms with van der Waals surface area (Å²) in [7, 11) is 2.78. The van der Waals surface area contributed by atoms with Gasteiger partial charge in [0.25, 0.3) is 5.56 Å². The van der Waals surface area contributed by atoms with Crippen LogP contribution in [0, 0.1) is 0 Å². The van der Waals surface area contributed by atoms with Gasteiger partial charge in [-0.05, 0) is 24.1 Å². The van der Waals surface area contributed by atoms with Crippen LogP contribution in [0.2, 0.25) is 10.0 Å². The Labute approximate surface area is 189 Å². The summed E-state index contributed by atoms with van der Waals surface area (Å²) in [4.78, 5) is 36.7. The third-order valence-electron chi connectivity index (χ3n) is 4.77. The number of thiol groups is 1. The zero-order valence-corrected chi connectivity index (χ0v) is 19.1. The smallest absolute Gasteiger partial charge is 0.332 e. The van der Waals surface area contributed by atoms with Crippen molar-refractivity contribution in [2.75, 3.05) is 17.6 Å². The third-order valence-corrected chi connectivity index (χ3v) is 5.78. The molecule has 2 atom stereocenters. The van der Waals surface area contributed by atoms with Crippen LogP contribution in [0.4, 0.5) is 11.5 Å². The first kappa shape index (κ1) is 24.1. The predicted molar refractivity (Wildman–Crippen MR) is 123 cm³/mol. The van der Waals surface area contributed by atoms with Crippen molar-refractivity contribution in [2.24, 2.45) is 14.1 Å². The second-order valence-corrected chi connectivity index (χ2v) is 7.75. The van der Waals surface area contributed by atoms with Crippen LogP contribution in [0.3, 0.4) is 0 Å². The quantitative estimate of drug-likeness (QED) is 0.369. The molecule has 0 aliphatic carbocycles. The first-order valence-corrected chi connectivity index (χ1v) is 10.3. The Morgan fingerprint density at radius 1 is 1.20 bits per heavy atom. The molecule has 1 heterocycles. The molecule has 2 unspecified atom stereocenters. The molecule has 0 fully saturated rings. The van der Waals surface area contributed by atoms with Crippen LogP contribution in [-0.2, 0) is 18.9 Å². The lowest BCUT2D eigenvalue weighted by atomic mass is 9.98. The van der Waals surface area contributed by atoms with E-state index in [1.165, 1.54) is 14.1 Å². The number of carbonyl (C=O) groups excluding carboxylic acids is 1. The number of nitrogens with zero attached hydrogens (tertiary/aromatic N) is 2. The first-order valence-electron chi connectivity index (χ1n) is 9.05. The van der Waals surface area contributed by atoms with Crippen molar-refractivity contribution >= 4 is 53.4 Å². The standard InChI is InChI=1S/C18H24Cl2N6O3S/c1-4-12(14(24-30)9-5-6-10(19)11(20)7-9)23-13(27)8-22-15-16(21)25(2)18(29)26(3)17(15)28/h5-7,12,14,22,24,30H,4,8,21H2,1-3H3,(H,23,27). The van der Waals surface area contributed by atoms with Crippen LogP contribution in [-0.4, -0.2) is 27.6 Å². The minimum absolute atomic E-state index is 0.0175. The number of nitrogen functional groups attached to an aromatic ring is 1. The minimum atomic E-state index is -0.610. The Hall–Kier alpha value is -2.14. The van der Waals surface area contributed by atoms with Gasteiger partial charge in [0.1, 0.15) is 11.5 Å².